The maximum Gasteiger partial charge on any atom is 0.206 e. The molecule has 1 atom stereocenters. The van der Waals surface area contributed by atoms with Crippen LogP contribution in [0.15, 0.2) is 42.5 Å². The van der Waals surface area contributed by atoms with Crippen molar-refractivity contribution in [3.05, 3.63) is 59.2 Å². The van der Waals surface area contributed by atoms with Crippen molar-refractivity contribution < 1.29 is 19.0 Å². The third-order valence-corrected chi connectivity index (χ3v) is 3.81. The fourth-order valence-corrected chi connectivity index (χ4v) is 2.66. The first-order valence-electron chi connectivity index (χ1n) is 6.93. The fourth-order valence-electron chi connectivity index (χ4n) is 2.66. The van der Waals surface area contributed by atoms with Crippen LogP contribution in [-0.2, 0) is 18.0 Å². The first-order valence-corrected chi connectivity index (χ1v) is 6.93. The topological polar surface area (TPSA) is 44.8 Å². The Bertz CT molecular complexity index is 708. The van der Waals surface area contributed by atoms with Crippen molar-refractivity contribution in [1.82, 2.24) is 0 Å². The number of benzene rings is 2. The summed E-state index contributed by atoms with van der Waals surface area (Å²) in [6.07, 6.45) is -0.597. The lowest BCUT2D eigenvalue weighted by Gasteiger charge is -2.25. The van der Waals surface area contributed by atoms with Crippen LogP contribution in [0.4, 0.5) is 0 Å². The van der Waals surface area contributed by atoms with Crippen molar-refractivity contribution in [3.8, 4) is 11.5 Å². The summed E-state index contributed by atoms with van der Waals surface area (Å²) in [6.45, 7) is 1.44. The number of hydrogen-bond acceptors (Lipinski definition) is 4. The van der Waals surface area contributed by atoms with Crippen molar-refractivity contribution in [3.63, 3.8) is 0 Å². The van der Waals surface area contributed by atoms with E-state index in [2.05, 4.69) is 0 Å². The van der Waals surface area contributed by atoms with Gasteiger partial charge < -0.3 is 14.2 Å². The van der Waals surface area contributed by atoms with E-state index in [0.29, 0.717) is 30.3 Å². The Labute approximate surface area is 122 Å². The van der Waals surface area contributed by atoms with Gasteiger partial charge in [0.1, 0.15) is 6.61 Å². The Morgan fingerprint density at radius 1 is 1.00 bits per heavy atom. The molecule has 106 valence electrons. The van der Waals surface area contributed by atoms with Crippen LogP contribution in [0.1, 0.15) is 21.5 Å². The van der Waals surface area contributed by atoms with Crippen molar-refractivity contribution in [2.45, 2.75) is 19.3 Å². The van der Waals surface area contributed by atoms with Gasteiger partial charge in [0.05, 0.1) is 13.2 Å². The molecule has 0 saturated heterocycles. The second-order valence-electron chi connectivity index (χ2n) is 5.20. The highest BCUT2D eigenvalue weighted by atomic mass is 16.6. The van der Waals surface area contributed by atoms with Gasteiger partial charge >= 0.3 is 0 Å². The lowest BCUT2D eigenvalue weighted by Crippen LogP contribution is -2.36. The van der Waals surface area contributed by atoms with Gasteiger partial charge in [0.2, 0.25) is 5.78 Å². The standard InChI is InChI=1S/C17H14O4/c18-17(11-5-6-12-8-19-9-13(12)7-11)16-10-20-14-3-1-2-4-15(14)21-16/h1-7,16H,8-10H2. The molecule has 0 saturated carbocycles. The van der Waals surface area contributed by atoms with Crippen LogP contribution in [0.2, 0.25) is 0 Å². The molecule has 1 unspecified atom stereocenters. The highest BCUT2D eigenvalue weighted by molar-refractivity contribution is 6.00. The number of fused-ring (bicyclic) bond motifs is 2. The Hall–Kier alpha value is -2.33. The minimum absolute atomic E-state index is 0.0563. The third-order valence-electron chi connectivity index (χ3n) is 3.81. The summed E-state index contributed by atoms with van der Waals surface area (Å²) in [4.78, 5) is 12.6. The highest BCUT2D eigenvalue weighted by Crippen LogP contribution is 2.32. The summed E-state index contributed by atoms with van der Waals surface area (Å²) >= 11 is 0. The summed E-state index contributed by atoms with van der Waals surface area (Å²) < 4.78 is 16.7. The largest absolute Gasteiger partial charge is 0.485 e. The van der Waals surface area contributed by atoms with E-state index in [-0.39, 0.29) is 12.4 Å². The van der Waals surface area contributed by atoms with Crippen LogP contribution in [-0.4, -0.2) is 18.5 Å². The molecule has 2 aromatic carbocycles. The molecule has 0 spiro atoms. The smallest absolute Gasteiger partial charge is 0.206 e. The summed E-state index contributed by atoms with van der Waals surface area (Å²) in [6, 6.07) is 13.1. The van der Waals surface area contributed by atoms with E-state index in [1.807, 2.05) is 42.5 Å². The molecule has 4 nitrogen and oxygen atoms in total. The molecule has 2 aromatic rings. The molecule has 0 bridgehead atoms. The second kappa shape index (κ2) is 4.90. The molecule has 2 aliphatic rings. The average molecular weight is 282 g/mol. The summed E-state index contributed by atoms with van der Waals surface area (Å²) in [7, 11) is 0. The van der Waals surface area contributed by atoms with Gasteiger partial charge in [-0.25, -0.2) is 0 Å². The number of para-hydroxylation sites is 2. The molecule has 0 radical (unpaired) electrons. The predicted molar refractivity (Wildman–Crippen MR) is 75.6 cm³/mol. The fraction of sp³-hybridized carbons (Fsp3) is 0.235. The molecule has 4 rings (SSSR count). The SMILES string of the molecule is O=C(c1ccc2c(c1)COC2)C1COc2ccccc2O1. The summed E-state index contributed by atoms with van der Waals surface area (Å²) in [5.74, 6) is 1.25. The van der Waals surface area contributed by atoms with Crippen LogP contribution in [0.5, 0.6) is 11.5 Å². The molecular formula is C17H14O4. The number of carbonyl (C=O) groups excluding carboxylic acids is 1. The van der Waals surface area contributed by atoms with Crippen molar-refractivity contribution in [2.75, 3.05) is 6.61 Å². The average Bonchev–Trinajstić information content (AvgIpc) is 3.01. The van der Waals surface area contributed by atoms with E-state index >= 15 is 0 Å². The monoisotopic (exact) mass is 282 g/mol. The van der Waals surface area contributed by atoms with Crippen molar-refractivity contribution in [1.29, 1.82) is 0 Å². The number of ketones is 1. The second-order valence-corrected chi connectivity index (χ2v) is 5.20. The van der Waals surface area contributed by atoms with Crippen LogP contribution >= 0.6 is 0 Å². The zero-order valence-corrected chi connectivity index (χ0v) is 11.4. The van der Waals surface area contributed by atoms with Crippen LogP contribution in [0.25, 0.3) is 0 Å². The van der Waals surface area contributed by atoms with Crippen LogP contribution in [0.3, 0.4) is 0 Å². The predicted octanol–water partition coefficient (Wildman–Crippen LogP) is 2.74. The maximum atomic E-state index is 12.6. The van der Waals surface area contributed by atoms with Gasteiger partial charge in [-0.15, -0.1) is 0 Å². The number of ether oxygens (including phenoxy) is 3. The van der Waals surface area contributed by atoms with Crippen LogP contribution < -0.4 is 9.47 Å². The number of hydrogen-bond donors (Lipinski definition) is 0. The normalized spacial score (nSPS) is 19.1. The first-order chi connectivity index (χ1) is 10.3. The van der Waals surface area contributed by atoms with E-state index in [1.165, 1.54) is 0 Å². The molecule has 2 aliphatic heterocycles. The van der Waals surface area contributed by atoms with Gasteiger partial charge in [0, 0.05) is 5.56 Å². The minimum atomic E-state index is -0.597. The quantitative estimate of drug-likeness (QED) is 0.794. The molecule has 0 amide bonds. The van der Waals surface area contributed by atoms with Gasteiger partial charge in [0.25, 0.3) is 0 Å². The highest BCUT2D eigenvalue weighted by Gasteiger charge is 2.28. The van der Waals surface area contributed by atoms with Crippen LogP contribution in [0, 0.1) is 0 Å². The molecular weight excluding hydrogens is 268 g/mol. The third kappa shape index (κ3) is 2.17. The first kappa shape index (κ1) is 12.4. The van der Waals surface area contributed by atoms with E-state index in [9.17, 15) is 4.79 Å². The maximum absolute atomic E-state index is 12.6. The van der Waals surface area contributed by atoms with Gasteiger partial charge in [-0.1, -0.05) is 24.3 Å². The number of Topliss-reactive ketones (excluding diaryl/α,β-unsaturated/α-hetero) is 1. The van der Waals surface area contributed by atoms with Gasteiger partial charge in [0.15, 0.2) is 17.6 Å². The molecule has 0 aliphatic carbocycles. The van der Waals surface area contributed by atoms with E-state index in [4.69, 9.17) is 14.2 Å². The Morgan fingerprint density at radius 2 is 1.81 bits per heavy atom. The van der Waals surface area contributed by atoms with E-state index in [1.54, 1.807) is 0 Å². The van der Waals surface area contributed by atoms with Crippen molar-refractivity contribution >= 4 is 5.78 Å². The Kier molecular flexibility index (Phi) is 2.89. The number of carbonyl (C=O) groups is 1. The lowest BCUT2D eigenvalue weighted by atomic mass is 10.0. The zero-order chi connectivity index (χ0) is 14.2. The Morgan fingerprint density at radius 3 is 2.71 bits per heavy atom. The van der Waals surface area contributed by atoms with Crippen molar-refractivity contribution in [2.24, 2.45) is 0 Å². The molecule has 2 heterocycles. The molecule has 0 aromatic heterocycles. The summed E-state index contributed by atoms with van der Waals surface area (Å²) in [5, 5.41) is 0. The van der Waals surface area contributed by atoms with E-state index in [0.717, 1.165) is 11.1 Å². The van der Waals surface area contributed by atoms with Gasteiger partial charge in [-0.05, 0) is 29.3 Å². The lowest BCUT2D eigenvalue weighted by molar-refractivity contribution is 0.0585. The minimum Gasteiger partial charge on any atom is -0.485 e. The molecule has 21 heavy (non-hydrogen) atoms. The van der Waals surface area contributed by atoms with E-state index < -0.39 is 6.10 Å². The molecule has 4 heteroatoms. The van der Waals surface area contributed by atoms with Gasteiger partial charge in [-0.3, -0.25) is 4.79 Å². The molecule has 0 fully saturated rings. The summed E-state index contributed by atoms with van der Waals surface area (Å²) in [5.41, 5.74) is 2.88. The molecule has 0 N–H and O–H groups in total. The Balaban J connectivity index is 1.59. The number of rotatable bonds is 2. The zero-order valence-electron chi connectivity index (χ0n) is 11.4. The van der Waals surface area contributed by atoms with Gasteiger partial charge in [-0.2, -0.15) is 0 Å².